The van der Waals surface area contributed by atoms with E-state index in [2.05, 4.69) is 0 Å². The van der Waals surface area contributed by atoms with E-state index in [9.17, 15) is 4.79 Å². The zero-order valence-electron chi connectivity index (χ0n) is 14.7. The Bertz CT molecular complexity index is 834. The van der Waals surface area contributed by atoms with E-state index in [0.717, 1.165) is 5.75 Å². The van der Waals surface area contributed by atoms with Gasteiger partial charge in [0.15, 0.2) is 0 Å². The van der Waals surface area contributed by atoms with E-state index in [1.807, 2.05) is 72.8 Å². The third-order valence-corrected chi connectivity index (χ3v) is 3.87. The molecule has 0 heterocycles. The van der Waals surface area contributed by atoms with Crippen molar-refractivity contribution in [1.82, 2.24) is 4.90 Å². The van der Waals surface area contributed by atoms with Gasteiger partial charge in [0.1, 0.15) is 23.9 Å². The molecule has 0 spiro atoms. The minimum absolute atomic E-state index is 0.104. The Hall–Kier alpha value is -3.27. The molecule has 0 fully saturated rings. The van der Waals surface area contributed by atoms with Crippen molar-refractivity contribution < 1.29 is 14.3 Å². The van der Waals surface area contributed by atoms with Gasteiger partial charge in [0.25, 0.3) is 5.91 Å². The molecule has 3 rings (SSSR count). The predicted octanol–water partition coefficient (Wildman–Crippen LogP) is 4.63. The maximum Gasteiger partial charge on any atom is 0.257 e. The van der Waals surface area contributed by atoms with Crippen LogP contribution in [0.4, 0.5) is 0 Å². The molecule has 132 valence electrons. The topological polar surface area (TPSA) is 38.8 Å². The van der Waals surface area contributed by atoms with E-state index in [1.54, 1.807) is 24.1 Å². The van der Waals surface area contributed by atoms with Crippen LogP contribution in [0.2, 0.25) is 0 Å². The number of carbonyl (C=O) groups is 1. The Morgan fingerprint density at radius 3 is 2.08 bits per heavy atom. The lowest BCUT2D eigenvalue weighted by Gasteiger charge is -2.19. The molecule has 0 saturated carbocycles. The van der Waals surface area contributed by atoms with Gasteiger partial charge in [0.2, 0.25) is 0 Å². The van der Waals surface area contributed by atoms with Gasteiger partial charge in [-0.1, -0.05) is 48.5 Å². The average Bonchev–Trinajstić information content (AvgIpc) is 2.69. The van der Waals surface area contributed by atoms with Gasteiger partial charge in [-0.25, -0.2) is 0 Å². The Morgan fingerprint density at radius 1 is 0.808 bits per heavy atom. The summed E-state index contributed by atoms with van der Waals surface area (Å²) in [4.78, 5) is 14.4. The zero-order chi connectivity index (χ0) is 18.2. The molecule has 1 amide bonds. The summed E-state index contributed by atoms with van der Waals surface area (Å²) < 4.78 is 11.5. The van der Waals surface area contributed by atoms with Crippen LogP contribution in [0.5, 0.6) is 17.2 Å². The molecule has 3 aromatic rings. The highest BCUT2D eigenvalue weighted by Crippen LogP contribution is 2.25. The lowest BCUT2D eigenvalue weighted by atomic mass is 10.1. The Balaban J connectivity index is 1.63. The summed E-state index contributed by atoms with van der Waals surface area (Å²) in [6.45, 7) is 0.904. The fourth-order valence-electron chi connectivity index (χ4n) is 2.47. The Kier molecular flexibility index (Phi) is 5.88. The molecule has 4 heteroatoms. The molecule has 0 saturated heterocycles. The largest absolute Gasteiger partial charge is 0.492 e. The van der Waals surface area contributed by atoms with Crippen molar-refractivity contribution >= 4 is 5.91 Å². The highest BCUT2D eigenvalue weighted by Gasteiger charge is 2.17. The summed E-state index contributed by atoms with van der Waals surface area (Å²) in [5, 5.41) is 0. The Morgan fingerprint density at radius 2 is 1.38 bits per heavy atom. The van der Waals surface area contributed by atoms with E-state index in [4.69, 9.17) is 9.47 Å². The number of likely N-dealkylation sites (N-methyl/N-ethyl adjacent to an activating group) is 1. The molecule has 0 radical (unpaired) electrons. The number of carbonyl (C=O) groups excluding carboxylic acids is 1. The van der Waals surface area contributed by atoms with Gasteiger partial charge >= 0.3 is 0 Å². The molecule has 0 aliphatic heterocycles. The van der Waals surface area contributed by atoms with Crippen LogP contribution in [0.25, 0.3) is 0 Å². The zero-order valence-corrected chi connectivity index (χ0v) is 14.7. The number of amides is 1. The van der Waals surface area contributed by atoms with Gasteiger partial charge in [0.05, 0.1) is 12.1 Å². The molecule has 26 heavy (non-hydrogen) atoms. The van der Waals surface area contributed by atoms with Crippen molar-refractivity contribution in [3.8, 4) is 17.2 Å². The molecule has 0 atom stereocenters. The Labute approximate surface area is 153 Å². The molecule has 0 N–H and O–H groups in total. The summed E-state index contributed by atoms with van der Waals surface area (Å²) in [5.41, 5.74) is 0.526. The number of benzene rings is 3. The summed E-state index contributed by atoms with van der Waals surface area (Å²) >= 11 is 0. The number of para-hydroxylation sites is 3. The van der Waals surface area contributed by atoms with Crippen LogP contribution in [0, 0.1) is 0 Å². The highest BCUT2D eigenvalue weighted by molar-refractivity contribution is 5.96. The number of rotatable bonds is 7. The predicted molar refractivity (Wildman–Crippen MR) is 102 cm³/mol. The van der Waals surface area contributed by atoms with Crippen LogP contribution in [0.15, 0.2) is 84.9 Å². The van der Waals surface area contributed by atoms with Gasteiger partial charge in [-0.15, -0.1) is 0 Å². The molecular formula is C22H21NO3. The van der Waals surface area contributed by atoms with E-state index in [0.29, 0.717) is 30.2 Å². The lowest BCUT2D eigenvalue weighted by molar-refractivity contribution is 0.0771. The summed E-state index contributed by atoms with van der Waals surface area (Å²) in [7, 11) is 1.76. The summed E-state index contributed by atoms with van der Waals surface area (Å²) in [5.74, 6) is 1.93. The van der Waals surface area contributed by atoms with Gasteiger partial charge in [-0.05, 0) is 36.4 Å². The van der Waals surface area contributed by atoms with Crippen LogP contribution < -0.4 is 9.47 Å². The second kappa shape index (κ2) is 8.72. The first-order valence-corrected chi connectivity index (χ1v) is 8.49. The molecule has 0 aromatic heterocycles. The van der Waals surface area contributed by atoms with Crippen LogP contribution in [0.1, 0.15) is 10.4 Å². The molecule has 0 bridgehead atoms. The number of ether oxygens (including phenoxy) is 2. The van der Waals surface area contributed by atoms with Gasteiger partial charge in [-0.2, -0.15) is 0 Å². The van der Waals surface area contributed by atoms with Crippen LogP contribution in [0.3, 0.4) is 0 Å². The van der Waals surface area contributed by atoms with E-state index < -0.39 is 0 Å². The SMILES string of the molecule is CN(CCOc1ccccc1)C(=O)c1ccccc1Oc1ccccc1. The smallest absolute Gasteiger partial charge is 0.257 e. The third-order valence-electron chi connectivity index (χ3n) is 3.87. The first-order chi connectivity index (χ1) is 12.7. The standard InChI is InChI=1S/C22H21NO3/c1-23(16-17-25-18-10-4-2-5-11-18)22(24)20-14-8-9-15-21(20)26-19-12-6-3-7-13-19/h2-15H,16-17H2,1H3. The third kappa shape index (κ3) is 4.63. The molecule has 3 aromatic carbocycles. The summed E-state index contributed by atoms with van der Waals surface area (Å²) in [6, 6.07) is 26.3. The van der Waals surface area contributed by atoms with Gasteiger partial charge < -0.3 is 14.4 Å². The van der Waals surface area contributed by atoms with Gasteiger partial charge in [0, 0.05) is 7.05 Å². The summed E-state index contributed by atoms with van der Waals surface area (Å²) in [6.07, 6.45) is 0. The normalized spacial score (nSPS) is 10.2. The first-order valence-electron chi connectivity index (χ1n) is 8.49. The first kappa shape index (κ1) is 17.5. The second-order valence-electron chi connectivity index (χ2n) is 5.80. The maximum absolute atomic E-state index is 12.8. The fraction of sp³-hybridized carbons (Fsp3) is 0.136. The number of nitrogens with zero attached hydrogens (tertiary/aromatic N) is 1. The second-order valence-corrected chi connectivity index (χ2v) is 5.80. The quantitative estimate of drug-likeness (QED) is 0.625. The van der Waals surface area contributed by atoms with Crippen LogP contribution in [-0.2, 0) is 0 Å². The number of hydrogen-bond acceptors (Lipinski definition) is 3. The van der Waals surface area contributed by atoms with Crippen LogP contribution >= 0.6 is 0 Å². The van der Waals surface area contributed by atoms with Crippen molar-refractivity contribution in [2.45, 2.75) is 0 Å². The van der Waals surface area contributed by atoms with Crippen molar-refractivity contribution in [3.63, 3.8) is 0 Å². The minimum Gasteiger partial charge on any atom is -0.492 e. The minimum atomic E-state index is -0.104. The molecule has 4 nitrogen and oxygen atoms in total. The highest BCUT2D eigenvalue weighted by atomic mass is 16.5. The van der Waals surface area contributed by atoms with E-state index in [1.165, 1.54) is 0 Å². The van der Waals surface area contributed by atoms with Crippen molar-refractivity contribution in [2.24, 2.45) is 0 Å². The molecule has 0 aliphatic carbocycles. The number of hydrogen-bond donors (Lipinski definition) is 0. The van der Waals surface area contributed by atoms with Crippen molar-refractivity contribution in [1.29, 1.82) is 0 Å². The maximum atomic E-state index is 12.8. The van der Waals surface area contributed by atoms with Crippen molar-refractivity contribution in [2.75, 3.05) is 20.2 Å². The molecular weight excluding hydrogens is 326 g/mol. The van der Waals surface area contributed by atoms with Crippen LogP contribution in [-0.4, -0.2) is 31.0 Å². The van der Waals surface area contributed by atoms with E-state index >= 15 is 0 Å². The monoisotopic (exact) mass is 347 g/mol. The lowest BCUT2D eigenvalue weighted by Crippen LogP contribution is -2.31. The molecule has 0 aliphatic rings. The van der Waals surface area contributed by atoms with Crippen molar-refractivity contribution in [3.05, 3.63) is 90.5 Å². The fourth-order valence-corrected chi connectivity index (χ4v) is 2.47. The van der Waals surface area contributed by atoms with Gasteiger partial charge in [-0.3, -0.25) is 4.79 Å². The average molecular weight is 347 g/mol. The molecule has 0 unspecified atom stereocenters. The van der Waals surface area contributed by atoms with E-state index in [-0.39, 0.29) is 5.91 Å².